The third-order valence-electron chi connectivity index (χ3n) is 4.29. The van der Waals surface area contributed by atoms with E-state index in [4.69, 9.17) is 21.1 Å². The zero-order valence-electron chi connectivity index (χ0n) is 12.8. The van der Waals surface area contributed by atoms with E-state index < -0.39 is 0 Å². The molecule has 5 nitrogen and oxygen atoms in total. The molecule has 2 unspecified atom stereocenters. The van der Waals surface area contributed by atoms with Crippen molar-refractivity contribution in [2.45, 2.75) is 13.3 Å². The van der Waals surface area contributed by atoms with E-state index in [1.807, 2.05) is 12.1 Å². The van der Waals surface area contributed by atoms with Gasteiger partial charge in [-0.1, -0.05) is 18.5 Å². The summed E-state index contributed by atoms with van der Waals surface area (Å²) in [5, 5.41) is 4.59. The van der Waals surface area contributed by atoms with Gasteiger partial charge >= 0.3 is 0 Å². The fourth-order valence-corrected chi connectivity index (χ4v) is 3.01. The Morgan fingerprint density at radius 1 is 1.32 bits per heavy atom. The van der Waals surface area contributed by atoms with Gasteiger partial charge in [0.2, 0.25) is 0 Å². The first-order valence-electron chi connectivity index (χ1n) is 7.51. The molecule has 1 N–H and O–H groups in total. The van der Waals surface area contributed by atoms with E-state index in [1.165, 1.54) is 6.33 Å². The average molecular weight is 322 g/mol. The summed E-state index contributed by atoms with van der Waals surface area (Å²) in [6.07, 6.45) is 2.58. The van der Waals surface area contributed by atoms with Gasteiger partial charge in [0.25, 0.3) is 0 Å². The molecule has 1 fully saturated rings. The summed E-state index contributed by atoms with van der Waals surface area (Å²) in [7, 11) is 1.62. The van der Waals surface area contributed by atoms with Gasteiger partial charge in [-0.25, -0.2) is 9.97 Å². The van der Waals surface area contributed by atoms with Gasteiger partial charge in [0.15, 0.2) is 11.5 Å². The maximum atomic E-state index is 6.10. The molecular weight excluding hydrogens is 302 g/mol. The summed E-state index contributed by atoms with van der Waals surface area (Å²) < 4.78 is 11.5. The van der Waals surface area contributed by atoms with E-state index in [-0.39, 0.29) is 0 Å². The summed E-state index contributed by atoms with van der Waals surface area (Å²) in [5.74, 6) is 2.52. The smallest absolute Gasteiger partial charge is 0.163 e. The van der Waals surface area contributed by atoms with Gasteiger partial charge < -0.3 is 14.8 Å². The van der Waals surface area contributed by atoms with Crippen molar-refractivity contribution in [3.8, 4) is 11.5 Å². The molecule has 1 aliphatic heterocycles. The first-order chi connectivity index (χ1) is 10.7. The highest BCUT2D eigenvalue weighted by atomic mass is 35.5. The highest BCUT2D eigenvalue weighted by Crippen LogP contribution is 2.34. The summed E-state index contributed by atoms with van der Waals surface area (Å²) in [5.41, 5.74) is 0.758. The van der Waals surface area contributed by atoms with E-state index in [9.17, 15) is 0 Å². The number of ether oxygens (including phenoxy) is 2. The molecule has 1 aromatic heterocycles. The largest absolute Gasteiger partial charge is 0.493 e. The summed E-state index contributed by atoms with van der Waals surface area (Å²) in [4.78, 5) is 8.24. The summed E-state index contributed by atoms with van der Waals surface area (Å²) >= 11 is 6.10. The lowest BCUT2D eigenvalue weighted by atomic mass is 9.89. The van der Waals surface area contributed by atoms with Crippen LogP contribution in [-0.4, -0.2) is 36.8 Å². The fourth-order valence-electron chi connectivity index (χ4n) is 2.82. The van der Waals surface area contributed by atoms with Crippen molar-refractivity contribution in [3.63, 3.8) is 0 Å². The van der Waals surface area contributed by atoms with Crippen LogP contribution in [0.15, 0.2) is 18.5 Å². The Morgan fingerprint density at radius 3 is 2.95 bits per heavy atom. The van der Waals surface area contributed by atoms with Crippen LogP contribution in [0.5, 0.6) is 11.5 Å². The van der Waals surface area contributed by atoms with Crippen LogP contribution >= 0.6 is 11.6 Å². The number of fused-ring (bicyclic) bond motifs is 1. The Hall–Kier alpha value is -1.59. The Morgan fingerprint density at radius 2 is 2.18 bits per heavy atom. The number of nitrogens with one attached hydrogen (secondary N) is 1. The Balaban J connectivity index is 1.83. The normalized spacial score (nSPS) is 21.8. The SMILES string of the molecule is COc1cc2c(Cl)ncnc2cc1OCC1CCNCC1C. The molecule has 3 rings (SSSR count). The first kappa shape index (κ1) is 15.3. The molecule has 0 spiro atoms. The second-order valence-electron chi connectivity index (χ2n) is 5.73. The van der Waals surface area contributed by atoms with Crippen LogP contribution in [0.3, 0.4) is 0 Å². The quantitative estimate of drug-likeness (QED) is 0.877. The van der Waals surface area contributed by atoms with Crippen LogP contribution in [0.2, 0.25) is 5.15 Å². The van der Waals surface area contributed by atoms with E-state index in [1.54, 1.807) is 7.11 Å². The van der Waals surface area contributed by atoms with Crippen molar-refractivity contribution in [2.75, 3.05) is 26.8 Å². The molecule has 1 aliphatic rings. The van der Waals surface area contributed by atoms with Gasteiger partial charge in [0, 0.05) is 11.5 Å². The number of halogens is 1. The number of nitrogens with zero attached hydrogens (tertiary/aromatic N) is 2. The molecule has 2 aromatic rings. The molecular formula is C16H20ClN3O2. The molecule has 1 saturated heterocycles. The lowest BCUT2D eigenvalue weighted by molar-refractivity contribution is 0.165. The van der Waals surface area contributed by atoms with Gasteiger partial charge in [-0.05, 0) is 37.4 Å². The topological polar surface area (TPSA) is 56.3 Å². The molecule has 0 radical (unpaired) electrons. The molecule has 0 saturated carbocycles. The standard InChI is InChI=1S/C16H20ClN3O2/c1-10-7-18-4-3-11(10)8-22-15-6-13-12(5-14(15)21-2)16(17)20-9-19-13/h5-6,9-11,18H,3-4,7-8H2,1-2H3. The van der Waals surface area contributed by atoms with Crippen molar-refractivity contribution >= 4 is 22.5 Å². The molecule has 2 heterocycles. The van der Waals surface area contributed by atoms with E-state index in [0.29, 0.717) is 35.1 Å². The number of hydrogen-bond acceptors (Lipinski definition) is 5. The fraction of sp³-hybridized carbons (Fsp3) is 0.500. The molecule has 22 heavy (non-hydrogen) atoms. The lowest BCUT2D eigenvalue weighted by Gasteiger charge is -2.29. The monoisotopic (exact) mass is 321 g/mol. The molecule has 0 bridgehead atoms. The highest BCUT2D eigenvalue weighted by molar-refractivity contribution is 6.34. The minimum atomic E-state index is 0.418. The molecule has 118 valence electrons. The Kier molecular flexibility index (Phi) is 4.64. The summed E-state index contributed by atoms with van der Waals surface area (Å²) in [6.45, 7) is 5.04. The first-order valence-corrected chi connectivity index (χ1v) is 7.88. The van der Waals surface area contributed by atoms with Gasteiger partial charge in [-0.15, -0.1) is 0 Å². The minimum absolute atomic E-state index is 0.418. The van der Waals surface area contributed by atoms with Crippen LogP contribution < -0.4 is 14.8 Å². The average Bonchev–Trinajstić information content (AvgIpc) is 2.54. The van der Waals surface area contributed by atoms with Crippen LogP contribution in [-0.2, 0) is 0 Å². The zero-order chi connectivity index (χ0) is 15.5. The Bertz CT molecular complexity index is 665. The highest BCUT2D eigenvalue weighted by Gasteiger charge is 2.22. The van der Waals surface area contributed by atoms with E-state index in [0.717, 1.165) is 30.4 Å². The maximum Gasteiger partial charge on any atom is 0.163 e. The molecule has 1 aromatic carbocycles. The third kappa shape index (κ3) is 3.10. The van der Waals surface area contributed by atoms with E-state index in [2.05, 4.69) is 22.2 Å². The Labute approximate surface area is 135 Å². The van der Waals surface area contributed by atoms with Crippen LogP contribution in [0.1, 0.15) is 13.3 Å². The number of methoxy groups -OCH3 is 1. The zero-order valence-corrected chi connectivity index (χ0v) is 13.6. The van der Waals surface area contributed by atoms with Crippen molar-refractivity contribution < 1.29 is 9.47 Å². The number of piperidine rings is 1. The second kappa shape index (κ2) is 6.67. The van der Waals surface area contributed by atoms with Gasteiger partial charge in [0.05, 0.1) is 19.2 Å². The number of benzene rings is 1. The second-order valence-corrected chi connectivity index (χ2v) is 6.08. The predicted molar refractivity (Wildman–Crippen MR) is 86.7 cm³/mol. The molecule has 0 aliphatic carbocycles. The molecule has 6 heteroatoms. The molecule has 0 amide bonds. The van der Waals surface area contributed by atoms with Crippen molar-refractivity contribution in [2.24, 2.45) is 11.8 Å². The van der Waals surface area contributed by atoms with Gasteiger partial charge in [-0.2, -0.15) is 0 Å². The van der Waals surface area contributed by atoms with E-state index >= 15 is 0 Å². The van der Waals surface area contributed by atoms with Crippen LogP contribution in [0.25, 0.3) is 10.9 Å². The van der Waals surface area contributed by atoms with Crippen molar-refractivity contribution in [1.29, 1.82) is 0 Å². The lowest BCUT2D eigenvalue weighted by Crippen LogP contribution is -2.37. The van der Waals surface area contributed by atoms with Gasteiger partial charge in [-0.3, -0.25) is 0 Å². The number of hydrogen-bond donors (Lipinski definition) is 1. The predicted octanol–water partition coefficient (Wildman–Crippen LogP) is 2.92. The third-order valence-corrected chi connectivity index (χ3v) is 4.59. The minimum Gasteiger partial charge on any atom is -0.493 e. The van der Waals surface area contributed by atoms with Crippen molar-refractivity contribution in [1.82, 2.24) is 15.3 Å². The molecule has 2 atom stereocenters. The number of aromatic nitrogens is 2. The van der Waals surface area contributed by atoms with Crippen LogP contribution in [0, 0.1) is 11.8 Å². The van der Waals surface area contributed by atoms with Crippen LogP contribution in [0.4, 0.5) is 0 Å². The van der Waals surface area contributed by atoms with Gasteiger partial charge in [0.1, 0.15) is 11.5 Å². The van der Waals surface area contributed by atoms with Crippen molar-refractivity contribution in [3.05, 3.63) is 23.6 Å². The summed E-state index contributed by atoms with van der Waals surface area (Å²) in [6, 6.07) is 3.70. The number of rotatable bonds is 4. The maximum absolute atomic E-state index is 6.10.